The van der Waals surface area contributed by atoms with Crippen LogP contribution in [0, 0.1) is 10.1 Å². The predicted octanol–water partition coefficient (Wildman–Crippen LogP) is 2.96. The van der Waals surface area contributed by atoms with E-state index < -0.39 is 4.92 Å². The quantitative estimate of drug-likeness (QED) is 0.665. The molecule has 5 nitrogen and oxygen atoms in total. The maximum atomic E-state index is 10.7. The second-order valence-corrected chi connectivity index (χ2v) is 5.07. The molecule has 0 atom stereocenters. The van der Waals surface area contributed by atoms with Crippen LogP contribution in [0.25, 0.3) is 0 Å². The highest BCUT2D eigenvalue weighted by Gasteiger charge is 2.20. The van der Waals surface area contributed by atoms with Gasteiger partial charge in [-0.05, 0) is 52.7 Å². The van der Waals surface area contributed by atoms with Crippen LogP contribution >= 0.6 is 15.9 Å². The lowest BCUT2D eigenvalue weighted by molar-refractivity contribution is -0.388. The van der Waals surface area contributed by atoms with Crippen molar-refractivity contribution < 1.29 is 4.92 Å². The summed E-state index contributed by atoms with van der Waals surface area (Å²) < 4.78 is 0.708. The zero-order valence-corrected chi connectivity index (χ0v) is 10.3. The first-order chi connectivity index (χ1) is 6.79. The van der Waals surface area contributed by atoms with Crippen molar-refractivity contribution in [1.82, 2.24) is 4.98 Å². The van der Waals surface area contributed by atoms with Crippen LogP contribution in [0.1, 0.15) is 20.8 Å². The number of halogens is 1. The first-order valence-corrected chi connectivity index (χ1v) is 5.17. The van der Waals surface area contributed by atoms with Crippen molar-refractivity contribution in [3.05, 3.63) is 26.9 Å². The van der Waals surface area contributed by atoms with Gasteiger partial charge in [0.25, 0.3) is 0 Å². The molecule has 82 valence electrons. The molecule has 1 rings (SSSR count). The van der Waals surface area contributed by atoms with E-state index in [9.17, 15) is 10.1 Å². The Kier molecular flexibility index (Phi) is 3.28. The summed E-state index contributed by atoms with van der Waals surface area (Å²) >= 11 is 3.23. The van der Waals surface area contributed by atoms with Gasteiger partial charge in [0, 0.05) is 5.54 Å². The van der Waals surface area contributed by atoms with Gasteiger partial charge in [-0.25, -0.2) is 0 Å². The fourth-order valence-corrected chi connectivity index (χ4v) is 1.40. The van der Waals surface area contributed by atoms with Crippen LogP contribution < -0.4 is 5.32 Å². The molecule has 0 aliphatic heterocycles. The van der Waals surface area contributed by atoms with Crippen molar-refractivity contribution in [2.24, 2.45) is 0 Å². The van der Waals surface area contributed by atoms with Gasteiger partial charge in [0.05, 0.1) is 4.47 Å². The minimum Gasteiger partial charge on any atom is -0.374 e. The van der Waals surface area contributed by atoms with Gasteiger partial charge in [-0.15, -0.1) is 0 Å². The van der Waals surface area contributed by atoms with Crippen LogP contribution in [0.4, 0.5) is 11.5 Å². The molecule has 15 heavy (non-hydrogen) atoms. The van der Waals surface area contributed by atoms with Crippen LogP contribution in [0.5, 0.6) is 0 Å². The number of rotatable bonds is 2. The first-order valence-electron chi connectivity index (χ1n) is 4.38. The van der Waals surface area contributed by atoms with Crippen molar-refractivity contribution in [1.29, 1.82) is 0 Å². The van der Waals surface area contributed by atoms with E-state index in [1.165, 1.54) is 6.20 Å². The van der Waals surface area contributed by atoms with Gasteiger partial charge in [-0.2, -0.15) is 0 Å². The van der Waals surface area contributed by atoms with Crippen molar-refractivity contribution in [3.63, 3.8) is 0 Å². The highest BCUT2D eigenvalue weighted by Crippen LogP contribution is 2.27. The summed E-state index contributed by atoms with van der Waals surface area (Å²) in [5.74, 6) is -0.159. The molecule has 1 aromatic rings. The van der Waals surface area contributed by atoms with Crippen molar-refractivity contribution in [3.8, 4) is 0 Å². The standard InChI is InChI=1S/C9H12BrN3O2/c1-9(2,3)12-7-4-6(10)5-11-8(7)13(14)15/h4-5,12H,1-3H3. The zero-order valence-electron chi connectivity index (χ0n) is 8.74. The van der Waals surface area contributed by atoms with E-state index in [-0.39, 0.29) is 11.4 Å². The number of nitro groups is 1. The average molecular weight is 274 g/mol. The third-order valence-electron chi connectivity index (χ3n) is 1.52. The summed E-state index contributed by atoms with van der Waals surface area (Å²) in [6.07, 6.45) is 1.41. The molecule has 0 bridgehead atoms. The molecule has 0 unspecified atom stereocenters. The lowest BCUT2D eigenvalue weighted by Gasteiger charge is -2.21. The molecule has 0 radical (unpaired) electrons. The number of hydrogen-bond donors (Lipinski definition) is 1. The Hall–Kier alpha value is -1.17. The first kappa shape index (κ1) is 11.9. The molecule has 1 N–H and O–H groups in total. The van der Waals surface area contributed by atoms with Gasteiger partial charge >= 0.3 is 5.82 Å². The fourth-order valence-electron chi connectivity index (χ4n) is 1.07. The molecule has 0 aliphatic rings. The summed E-state index contributed by atoms with van der Waals surface area (Å²) in [5.41, 5.74) is 0.176. The van der Waals surface area contributed by atoms with E-state index in [4.69, 9.17) is 0 Å². The number of pyridine rings is 1. The summed E-state index contributed by atoms with van der Waals surface area (Å²) in [6.45, 7) is 5.78. The molecular formula is C9H12BrN3O2. The summed E-state index contributed by atoms with van der Waals surface area (Å²) in [7, 11) is 0. The zero-order chi connectivity index (χ0) is 11.6. The Labute approximate surface area is 96.2 Å². The van der Waals surface area contributed by atoms with Crippen LogP contribution in [0.15, 0.2) is 16.7 Å². The molecule has 6 heteroatoms. The molecule has 0 amide bonds. The van der Waals surface area contributed by atoms with Gasteiger partial charge < -0.3 is 15.4 Å². The van der Waals surface area contributed by atoms with Gasteiger partial charge in [0.2, 0.25) is 0 Å². The van der Waals surface area contributed by atoms with E-state index in [1.54, 1.807) is 6.07 Å². The van der Waals surface area contributed by atoms with E-state index in [0.717, 1.165) is 0 Å². The number of nitrogens with one attached hydrogen (secondary N) is 1. The smallest absolute Gasteiger partial charge is 0.374 e. The Bertz CT molecular complexity index is 387. The molecule has 0 spiro atoms. The Morgan fingerprint density at radius 1 is 1.53 bits per heavy atom. The SMILES string of the molecule is CC(C)(C)Nc1cc(Br)cnc1[N+](=O)[O-]. The molecular weight excluding hydrogens is 262 g/mol. The summed E-state index contributed by atoms with van der Waals surface area (Å²) in [5, 5.41) is 13.7. The van der Waals surface area contributed by atoms with Gasteiger partial charge in [-0.1, -0.05) is 0 Å². The molecule has 0 aliphatic carbocycles. The lowest BCUT2D eigenvalue weighted by atomic mass is 10.1. The van der Waals surface area contributed by atoms with Crippen molar-refractivity contribution in [2.75, 3.05) is 5.32 Å². The number of aromatic nitrogens is 1. The molecule has 1 heterocycles. The molecule has 0 fully saturated rings. The third kappa shape index (κ3) is 3.47. The second-order valence-electron chi connectivity index (χ2n) is 4.16. The molecule has 0 saturated carbocycles. The number of nitrogens with zero attached hydrogens (tertiary/aromatic N) is 2. The molecule has 1 aromatic heterocycles. The average Bonchev–Trinajstić information content (AvgIpc) is 1.99. The van der Waals surface area contributed by atoms with Gasteiger partial charge in [-0.3, -0.25) is 0 Å². The van der Waals surface area contributed by atoms with Crippen LogP contribution in [-0.2, 0) is 0 Å². The lowest BCUT2D eigenvalue weighted by Crippen LogP contribution is -2.26. The number of anilines is 1. The summed E-state index contributed by atoms with van der Waals surface area (Å²) in [6, 6.07) is 1.65. The normalized spacial score (nSPS) is 11.2. The monoisotopic (exact) mass is 273 g/mol. The minimum atomic E-state index is -0.499. The van der Waals surface area contributed by atoms with Crippen LogP contribution in [-0.4, -0.2) is 15.4 Å². The Balaban J connectivity index is 3.13. The maximum absolute atomic E-state index is 10.7. The second kappa shape index (κ2) is 4.14. The highest BCUT2D eigenvalue weighted by molar-refractivity contribution is 9.10. The van der Waals surface area contributed by atoms with Gasteiger partial charge in [0.15, 0.2) is 6.20 Å². The largest absolute Gasteiger partial charge is 0.387 e. The van der Waals surface area contributed by atoms with E-state index in [1.807, 2.05) is 20.8 Å². The fraction of sp³-hybridized carbons (Fsp3) is 0.444. The van der Waals surface area contributed by atoms with E-state index in [0.29, 0.717) is 10.2 Å². The minimum absolute atomic E-state index is 0.159. The van der Waals surface area contributed by atoms with E-state index in [2.05, 4.69) is 26.2 Å². The van der Waals surface area contributed by atoms with E-state index >= 15 is 0 Å². The number of hydrogen-bond acceptors (Lipinski definition) is 4. The molecule has 0 saturated heterocycles. The Morgan fingerprint density at radius 3 is 2.60 bits per heavy atom. The van der Waals surface area contributed by atoms with Crippen LogP contribution in [0.2, 0.25) is 0 Å². The van der Waals surface area contributed by atoms with Crippen LogP contribution in [0.3, 0.4) is 0 Å². The van der Waals surface area contributed by atoms with Crippen molar-refractivity contribution >= 4 is 27.4 Å². The topological polar surface area (TPSA) is 68.1 Å². The predicted molar refractivity (Wildman–Crippen MR) is 62.0 cm³/mol. The van der Waals surface area contributed by atoms with Crippen molar-refractivity contribution in [2.45, 2.75) is 26.3 Å². The third-order valence-corrected chi connectivity index (χ3v) is 1.95. The molecule has 0 aromatic carbocycles. The Morgan fingerprint density at radius 2 is 2.13 bits per heavy atom. The van der Waals surface area contributed by atoms with Gasteiger partial charge in [0.1, 0.15) is 5.69 Å². The highest BCUT2D eigenvalue weighted by atomic mass is 79.9. The maximum Gasteiger partial charge on any atom is 0.387 e. The summed E-state index contributed by atoms with van der Waals surface area (Å²) in [4.78, 5) is 14.0.